The molecule has 2 aliphatic rings. The Labute approximate surface area is 160 Å². The number of fused-ring (bicyclic) bond motifs is 4. The number of aromatic amines is 1. The van der Waals surface area contributed by atoms with E-state index in [0.717, 1.165) is 0 Å². The Morgan fingerprint density at radius 1 is 1.36 bits per heavy atom. The van der Waals surface area contributed by atoms with Gasteiger partial charge < -0.3 is 19.4 Å². The first-order valence-corrected chi connectivity index (χ1v) is 8.87. The molecule has 1 aromatic heterocycles. The van der Waals surface area contributed by atoms with E-state index < -0.39 is 34.7 Å². The van der Waals surface area contributed by atoms with Crippen molar-refractivity contribution < 1.29 is 19.1 Å². The van der Waals surface area contributed by atoms with E-state index in [1.54, 1.807) is 37.3 Å². The molecule has 1 amide bonds. The zero-order valence-electron chi connectivity index (χ0n) is 15.7. The summed E-state index contributed by atoms with van der Waals surface area (Å²) >= 11 is 0. The average Bonchev–Trinajstić information content (AvgIpc) is 2.89. The van der Waals surface area contributed by atoms with Crippen LogP contribution in [0.5, 0.6) is 5.75 Å². The van der Waals surface area contributed by atoms with Gasteiger partial charge in [0.25, 0.3) is 5.56 Å². The zero-order chi connectivity index (χ0) is 20.2. The maximum Gasteiger partial charge on any atom is 0.319 e. The molecule has 2 unspecified atom stereocenters. The van der Waals surface area contributed by atoms with E-state index in [-0.39, 0.29) is 11.3 Å². The lowest BCUT2D eigenvalue weighted by Crippen LogP contribution is -2.58. The number of amides is 1. The Bertz CT molecular complexity index is 1090. The molecule has 0 fully saturated rings. The van der Waals surface area contributed by atoms with Gasteiger partial charge in [-0.25, -0.2) is 0 Å². The van der Waals surface area contributed by atoms with Gasteiger partial charge in [-0.05, 0) is 25.5 Å². The number of aryl methyl sites for hydroxylation is 1. The van der Waals surface area contributed by atoms with Crippen LogP contribution in [-0.2, 0) is 19.7 Å². The van der Waals surface area contributed by atoms with Crippen molar-refractivity contribution in [3.8, 4) is 5.75 Å². The molecule has 4 rings (SSSR count). The summed E-state index contributed by atoms with van der Waals surface area (Å²) in [6.45, 7) is 3.83. The second kappa shape index (κ2) is 6.05. The number of aromatic nitrogens is 1. The number of carbonyl (C=O) groups is 2. The predicted molar refractivity (Wildman–Crippen MR) is 101 cm³/mol. The third-order valence-corrected chi connectivity index (χ3v) is 5.40. The number of hydrogen-bond donors (Lipinski definition) is 2. The summed E-state index contributed by atoms with van der Waals surface area (Å²) in [6, 6.07) is 8.56. The van der Waals surface area contributed by atoms with Crippen LogP contribution in [0, 0.1) is 18.3 Å². The monoisotopic (exact) mass is 381 g/mol. The number of ether oxygens (including phenoxy) is 2. The van der Waals surface area contributed by atoms with Crippen LogP contribution in [0.15, 0.2) is 35.1 Å². The van der Waals surface area contributed by atoms with Crippen molar-refractivity contribution in [1.82, 2.24) is 4.98 Å². The number of hydrogen-bond acceptors (Lipinski definition) is 6. The molecule has 0 saturated heterocycles. The maximum absolute atomic E-state index is 13.8. The van der Waals surface area contributed by atoms with Gasteiger partial charge in [0.1, 0.15) is 11.2 Å². The SMILES string of the molecule is CCN1C(=O)C2(c3ccccc31)c1c(cc(C)[nH]c1=O)OC(=N)C2C(=O)OC. The fourth-order valence-corrected chi connectivity index (χ4v) is 4.35. The van der Waals surface area contributed by atoms with Crippen molar-refractivity contribution in [3.63, 3.8) is 0 Å². The van der Waals surface area contributed by atoms with Crippen LogP contribution in [0.4, 0.5) is 5.69 Å². The molecule has 3 heterocycles. The van der Waals surface area contributed by atoms with E-state index in [4.69, 9.17) is 14.9 Å². The predicted octanol–water partition coefficient (Wildman–Crippen LogP) is 1.49. The van der Waals surface area contributed by atoms with E-state index in [0.29, 0.717) is 23.5 Å². The molecular formula is C20H19N3O5. The van der Waals surface area contributed by atoms with Crippen LogP contribution >= 0.6 is 0 Å². The lowest BCUT2D eigenvalue weighted by molar-refractivity contribution is -0.147. The summed E-state index contributed by atoms with van der Waals surface area (Å²) < 4.78 is 10.5. The lowest BCUT2D eigenvalue weighted by Gasteiger charge is -2.39. The minimum atomic E-state index is -1.72. The molecule has 144 valence electrons. The summed E-state index contributed by atoms with van der Waals surface area (Å²) in [7, 11) is 1.18. The molecule has 0 bridgehead atoms. The smallest absolute Gasteiger partial charge is 0.319 e. The molecule has 2 aliphatic heterocycles. The summed E-state index contributed by atoms with van der Waals surface area (Å²) in [4.78, 5) is 43.8. The zero-order valence-corrected chi connectivity index (χ0v) is 15.7. The topological polar surface area (TPSA) is 113 Å². The number of para-hydroxylation sites is 1. The van der Waals surface area contributed by atoms with Crippen molar-refractivity contribution in [1.29, 1.82) is 5.41 Å². The van der Waals surface area contributed by atoms with Crippen LogP contribution in [0.25, 0.3) is 0 Å². The highest BCUT2D eigenvalue weighted by molar-refractivity contribution is 6.18. The highest BCUT2D eigenvalue weighted by Crippen LogP contribution is 2.54. The van der Waals surface area contributed by atoms with Gasteiger partial charge in [0.2, 0.25) is 11.8 Å². The standard InChI is InChI=1S/C20H19N3O5/c1-4-23-12-8-6-5-7-11(12)20(19(23)26)14-13(9-10(2)22-17(14)24)28-16(21)15(20)18(25)27-3/h5-9,15,21H,4H2,1-3H3,(H,22,24). The Balaban J connectivity index is 2.19. The fourth-order valence-electron chi connectivity index (χ4n) is 4.35. The second-order valence-electron chi connectivity index (χ2n) is 6.82. The van der Waals surface area contributed by atoms with Gasteiger partial charge in [0, 0.05) is 24.0 Å². The van der Waals surface area contributed by atoms with Gasteiger partial charge in [-0.1, -0.05) is 18.2 Å². The quantitative estimate of drug-likeness (QED) is 0.766. The first-order chi connectivity index (χ1) is 13.4. The Hall–Kier alpha value is -3.42. The average molecular weight is 381 g/mol. The molecule has 0 radical (unpaired) electrons. The molecule has 2 N–H and O–H groups in total. The number of nitrogens with one attached hydrogen (secondary N) is 2. The molecule has 0 aliphatic carbocycles. The minimum Gasteiger partial charge on any atom is -0.468 e. The molecule has 1 spiro atoms. The number of rotatable bonds is 2. The number of pyridine rings is 1. The number of benzene rings is 1. The van der Waals surface area contributed by atoms with Crippen molar-refractivity contribution in [3.05, 3.63) is 57.5 Å². The molecule has 8 heteroatoms. The van der Waals surface area contributed by atoms with E-state index in [1.807, 2.05) is 6.92 Å². The fraction of sp³-hybridized carbons (Fsp3) is 0.300. The van der Waals surface area contributed by atoms with Crippen LogP contribution in [0.2, 0.25) is 0 Å². The number of carbonyl (C=O) groups excluding carboxylic acids is 2. The van der Waals surface area contributed by atoms with Gasteiger partial charge in [-0.3, -0.25) is 19.8 Å². The Morgan fingerprint density at radius 2 is 2.07 bits per heavy atom. The van der Waals surface area contributed by atoms with Gasteiger partial charge in [0.05, 0.1) is 12.7 Å². The third-order valence-electron chi connectivity index (χ3n) is 5.40. The van der Waals surface area contributed by atoms with Crippen molar-refractivity contribution >= 4 is 23.5 Å². The van der Waals surface area contributed by atoms with Gasteiger partial charge in [-0.2, -0.15) is 0 Å². The Morgan fingerprint density at radius 3 is 2.75 bits per heavy atom. The molecule has 28 heavy (non-hydrogen) atoms. The van der Waals surface area contributed by atoms with Crippen LogP contribution in [-0.4, -0.2) is 36.4 Å². The highest BCUT2D eigenvalue weighted by Gasteiger charge is 2.65. The number of nitrogens with zero attached hydrogens (tertiary/aromatic N) is 1. The molecule has 2 aromatic rings. The molecule has 2 atom stereocenters. The van der Waals surface area contributed by atoms with Gasteiger partial charge >= 0.3 is 5.97 Å². The van der Waals surface area contributed by atoms with Gasteiger partial charge in [-0.15, -0.1) is 0 Å². The number of anilines is 1. The molecule has 8 nitrogen and oxygen atoms in total. The molecular weight excluding hydrogens is 362 g/mol. The summed E-state index contributed by atoms with van der Waals surface area (Å²) in [6.07, 6.45) is 0. The van der Waals surface area contributed by atoms with Crippen molar-refractivity contribution in [2.24, 2.45) is 5.92 Å². The van der Waals surface area contributed by atoms with E-state index in [9.17, 15) is 14.4 Å². The van der Waals surface area contributed by atoms with Crippen molar-refractivity contribution in [2.45, 2.75) is 19.3 Å². The molecule has 0 saturated carbocycles. The molecule has 1 aromatic carbocycles. The number of likely N-dealkylation sites (N-methyl/N-ethyl adjacent to an activating group) is 1. The first kappa shape index (κ1) is 18.0. The summed E-state index contributed by atoms with van der Waals surface area (Å²) in [5.41, 5.74) is -0.610. The normalized spacial score (nSPS) is 22.7. The van der Waals surface area contributed by atoms with Gasteiger partial charge in [0.15, 0.2) is 5.92 Å². The van der Waals surface area contributed by atoms with Crippen LogP contribution in [0.1, 0.15) is 23.7 Å². The number of esters is 1. The first-order valence-electron chi connectivity index (χ1n) is 8.87. The van der Waals surface area contributed by atoms with Crippen LogP contribution in [0.3, 0.4) is 0 Å². The lowest BCUT2D eigenvalue weighted by atomic mass is 9.65. The van der Waals surface area contributed by atoms with Crippen molar-refractivity contribution in [2.75, 3.05) is 18.6 Å². The summed E-state index contributed by atoms with van der Waals surface area (Å²) in [5.74, 6) is -2.98. The van der Waals surface area contributed by atoms with Crippen LogP contribution < -0.4 is 15.2 Å². The number of methoxy groups -OCH3 is 1. The second-order valence-corrected chi connectivity index (χ2v) is 6.82. The summed E-state index contributed by atoms with van der Waals surface area (Å²) in [5, 5.41) is 8.39. The third kappa shape index (κ3) is 2.05. The minimum absolute atomic E-state index is 0.0258. The Kier molecular flexibility index (Phi) is 3.88. The highest BCUT2D eigenvalue weighted by atomic mass is 16.5. The van der Waals surface area contributed by atoms with E-state index in [2.05, 4.69) is 4.98 Å². The van der Waals surface area contributed by atoms with E-state index >= 15 is 0 Å². The van der Waals surface area contributed by atoms with E-state index in [1.165, 1.54) is 12.0 Å². The number of H-pyrrole nitrogens is 1. The largest absolute Gasteiger partial charge is 0.468 e. The maximum atomic E-state index is 13.8.